The molecule has 0 atom stereocenters. The van der Waals surface area contributed by atoms with Gasteiger partial charge in [0.05, 0.1) is 0 Å². The topological polar surface area (TPSA) is 0 Å². The monoisotopic (exact) mass is 188 g/mol. The third-order valence-corrected chi connectivity index (χ3v) is 3.21. The van der Waals surface area contributed by atoms with Gasteiger partial charge in [0.1, 0.15) is 23.5 Å². The summed E-state index contributed by atoms with van der Waals surface area (Å²) >= 11 is 4.59. The lowest BCUT2D eigenvalue weighted by Gasteiger charge is -2.17. The van der Waals surface area contributed by atoms with Gasteiger partial charge in [-0.05, 0) is 11.5 Å². The molecule has 0 N–H and O–H groups in total. The van der Waals surface area contributed by atoms with E-state index in [0.29, 0.717) is 5.92 Å². The standard InChI is InChI=1S/C9H15B3S/c1-4(2)7-5(10)3-6(11)8(12)9(7)13/h3-4,13H,10-12H2,1-2H3. The maximum Gasteiger partial charge on any atom is 0.140 e. The first-order valence-electron chi connectivity index (χ1n) is 4.74. The predicted octanol–water partition coefficient (Wildman–Crippen LogP) is -2.13. The fourth-order valence-corrected chi connectivity index (χ4v) is 2.43. The largest absolute Gasteiger partial charge is 0.144 e. The molecule has 66 valence electrons. The number of hydrogen-bond acceptors (Lipinski definition) is 1. The Morgan fingerprint density at radius 1 is 1.15 bits per heavy atom. The number of hydrogen-bond donors (Lipinski definition) is 1. The maximum atomic E-state index is 4.59. The van der Waals surface area contributed by atoms with Crippen molar-refractivity contribution in [2.45, 2.75) is 24.7 Å². The zero-order chi connectivity index (χ0) is 10.2. The molecular formula is C9H15B3S. The van der Waals surface area contributed by atoms with Gasteiger partial charge in [-0.1, -0.05) is 36.3 Å². The maximum absolute atomic E-state index is 4.59. The lowest BCUT2D eigenvalue weighted by atomic mass is 9.73. The molecule has 0 radical (unpaired) electrons. The molecule has 0 spiro atoms. The van der Waals surface area contributed by atoms with E-state index < -0.39 is 0 Å². The molecule has 0 aliphatic rings. The van der Waals surface area contributed by atoms with Crippen molar-refractivity contribution in [1.82, 2.24) is 0 Å². The molecule has 1 aromatic rings. The third kappa shape index (κ3) is 1.99. The smallest absolute Gasteiger partial charge is 0.140 e. The van der Waals surface area contributed by atoms with E-state index in [0.717, 1.165) is 0 Å². The normalized spacial score (nSPS) is 10.8. The lowest BCUT2D eigenvalue weighted by molar-refractivity contribution is 0.854. The highest BCUT2D eigenvalue weighted by Crippen LogP contribution is 2.17. The van der Waals surface area contributed by atoms with E-state index in [1.807, 2.05) is 0 Å². The van der Waals surface area contributed by atoms with Crippen molar-refractivity contribution in [3.8, 4) is 0 Å². The third-order valence-electron chi connectivity index (χ3n) is 2.64. The first kappa shape index (κ1) is 10.8. The average molecular weight is 188 g/mol. The highest BCUT2D eigenvalue weighted by molar-refractivity contribution is 7.80. The van der Waals surface area contributed by atoms with Crippen molar-refractivity contribution in [3.63, 3.8) is 0 Å². The van der Waals surface area contributed by atoms with Crippen LogP contribution in [0.4, 0.5) is 0 Å². The Bertz CT molecular complexity index is 334. The second kappa shape index (κ2) is 3.87. The van der Waals surface area contributed by atoms with Crippen LogP contribution in [0.2, 0.25) is 0 Å². The van der Waals surface area contributed by atoms with Crippen LogP contribution in [0.5, 0.6) is 0 Å². The lowest BCUT2D eigenvalue weighted by Crippen LogP contribution is -2.34. The minimum Gasteiger partial charge on any atom is -0.144 e. The van der Waals surface area contributed by atoms with Crippen molar-refractivity contribution in [3.05, 3.63) is 11.6 Å². The van der Waals surface area contributed by atoms with E-state index >= 15 is 0 Å². The van der Waals surface area contributed by atoms with Crippen molar-refractivity contribution in [2.75, 3.05) is 0 Å². The van der Waals surface area contributed by atoms with Gasteiger partial charge in [-0.25, -0.2) is 0 Å². The minimum atomic E-state index is 0.562. The van der Waals surface area contributed by atoms with Crippen LogP contribution >= 0.6 is 12.6 Å². The Morgan fingerprint density at radius 2 is 1.69 bits per heavy atom. The summed E-state index contributed by atoms with van der Waals surface area (Å²) in [5.74, 6) is 0.562. The first-order valence-corrected chi connectivity index (χ1v) is 5.19. The zero-order valence-electron chi connectivity index (χ0n) is 9.10. The molecule has 1 rings (SSSR count). The quantitative estimate of drug-likeness (QED) is 0.377. The molecule has 0 aromatic heterocycles. The van der Waals surface area contributed by atoms with Gasteiger partial charge in [0.2, 0.25) is 0 Å². The van der Waals surface area contributed by atoms with E-state index in [1.165, 1.54) is 26.8 Å². The molecular weight excluding hydrogens is 173 g/mol. The summed E-state index contributed by atoms with van der Waals surface area (Å²) in [6.07, 6.45) is 0. The molecule has 0 aliphatic carbocycles. The van der Waals surface area contributed by atoms with Crippen LogP contribution in [-0.4, -0.2) is 23.5 Å². The molecule has 0 fully saturated rings. The van der Waals surface area contributed by atoms with E-state index in [-0.39, 0.29) is 0 Å². The summed E-state index contributed by atoms with van der Waals surface area (Å²) in [5.41, 5.74) is 5.42. The number of thiol groups is 1. The second-order valence-corrected chi connectivity index (χ2v) is 4.50. The van der Waals surface area contributed by atoms with Crippen LogP contribution < -0.4 is 16.4 Å². The molecule has 0 aliphatic heterocycles. The molecule has 0 amide bonds. The van der Waals surface area contributed by atoms with Gasteiger partial charge in [0, 0.05) is 4.90 Å². The molecule has 0 nitrogen and oxygen atoms in total. The second-order valence-electron chi connectivity index (χ2n) is 4.05. The van der Waals surface area contributed by atoms with Crippen molar-refractivity contribution >= 4 is 52.6 Å². The molecule has 1 aromatic carbocycles. The van der Waals surface area contributed by atoms with Crippen molar-refractivity contribution < 1.29 is 0 Å². The molecule has 4 heteroatoms. The van der Waals surface area contributed by atoms with Crippen LogP contribution in [0.1, 0.15) is 25.3 Å². The van der Waals surface area contributed by atoms with E-state index in [4.69, 9.17) is 0 Å². The molecule has 0 saturated heterocycles. The Balaban J connectivity index is 3.44. The SMILES string of the molecule is Bc1cc(B)c(C(C)C)c(S)c1B. The highest BCUT2D eigenvalue weighted by atomic mass is 32.1. The zero-order valence-corrected chi connectivity index (χ0v) is 10.00. The minimum absolute atomic E-state index is 0.562. The summed E-state index contributed by atoms with van der Waals surface area (Å²) in [7, 11) is 6.46. The Hall–Kier alpha value is -0.235. The fourth-order valence-electron chi connectivity index (χ4n) is 1.82. The Morgan fingerprint density at radius 3 is 2.15 bits per heavy atom. The van der Waals surface area contributed by atoms with Crippen LogP contribution in [0, 0.1) is 0 Å². The van der Waals surface area contributed by atoms with E-state index in [9.17, 15) is 0 Å². The van der Waals surface area contributed by atoms with Crippen LogP contribution in [-0.2, 0) is 0 Å². The van der Waals surface area contributed by atoms with Gasteiger partial charge >= 0.3 is 0 Å². The Labute approximate surface area is 89.1 Å². The van der Waals surface area contributed by atoms with Crippen molar-refractivity contribution in [2.24, 2.45) is 0 Å². The van der Waals surface area contributed by atoms with Gasteiger partial charge in [-0.3, -0.25) is 0 Å². The summed E-state index contributed by atoms with van der Waals surface area (Å²) in [6, 6.07) is 2.25. The number of rotatable bonds is 1. The summed E-state index contributed by atoms with van der Waals surface area (Å²) in [5, 5.41) is 0. The van der Waals surface area contributed by atoms with Crippen LogP contribution in [0.15, 0.2) is 11.0 Å². The van der Waals surface area contributed by atoms with Gasteiger partial charge in [0.15, 0.2) is 0 Å². The van der Waals surface area contributed by atoms with Gasteiger partial charge in [-0.2, -0.15) is 0 Å². The molecule has 0 bridgehead atoms. The van der Waals surface area contributed by atoms with Crippen LogP contribution in [0.25, 0.3) is 0 Å². The number of benzene rings is 1. The fraction of sp³-hybridized carbons (Fsp3) is 0.333. The molecule has 0 unspecified atom stereocenters. The van der Waals surface area contributed by atoms with E-state index in [2.05, 4.69) is 56.1 Å². The predicted molar refractivity (Wildman–Crippen MR) is 72.3 cm³/mol. The van der Waals surface area contributed by atoms with Crippen LogP contribution in [0.3, 0.4) is 0 Å². The van der Waals surface area contributed by atoms with Crippen molar-refractivity contribution in [1.29, 1.82) is 0 Å². The Kier molecular flexibility index (Phi) is 3.23. The van der Waals surface area contributed by atoms with Gasteiger partial charge < -0.3 is 0 Å². The molecule has 13 heavy (non-hydrogen) atoms. The van der Waals surface area contributed by atoms with Gasteiger partial charge in [0.25, 0.3) is 0 Å². The van der Waals surface area contributed by atoms with E-state index in [1.54, 1.807) is 0 Å². The summed E-state index contributed by atoms with van der Waals surface area (Å²) in [6.45, 7) is 4.44. The molecule has 0 saturated carbocycles. The highest BCUT2D eigenvalue weighted by Gasteiger charge is 2.10. The molecule has 0 heterocycles. The van der Waals surface area contributed by atoms with Gasteiger partial charge in [-0.15, -0.1) is 12.6 Å². The summed E-state index contributed by atoms with van der Waals surface area (Å²) < 4.78 is 0. The average Bonchev–Trinajstić information content (AvgIpc) is 1.99. The summed E-state index contributed by atoms with van der Waals surface area (Å²) in [4.78, 5) is 1.17. The first-order chi connectivity index (χ1) is 5.95.